The molecule has 1 fully saturated rings. The van der Waals surface area contributed by atoms with Gasteiger partial charge in [0.1, 0.15) is 30.5 Å². The smallest absolute Gasteiger partial charge is 0.301 e. The molecule has 10 heteroatoms. The third-order valence-corrected chi connectivity index (χ3v) is 7.25. The highest BCUT2D eigenvalue weighted by molar-refractivity contribution is 7.22. The number of methoxy groups -OCH3 is 1. The summed E-state index contributed by atoms with van der Waals surface area (Å²) in [4.78, 5) is 32.7. The molecule has 186 valence electrons. The molecule has 2 aliphatic heterocycles. The van der Waals surface area contributed by atoms with E-state index in [0.717, 1.165) is 4.70 Å². The zero-order valence-electron chi connectivity index (χ0n) is 19.5. The molecule has 1 saturated heterocycles. The van der Waals surface area contributed by atoms with E-state index in [1.54, 1.807) is 55.6 Å². The van der Waals surface area contributed by atoms with Crippen molar-refractivity contribution in [3.8, 4) is 23.0 Å². The molecule has 1 aromatic heterocycles. The van der Waals surface area contributed by atoms with Gasteiger partial charge in [-0.15, -0.1) is 0 Å². The van der Waals surface area contributed by atoms with Gasteiger partial charge in [0.2, 0.25) is 0 Å². The lowest BCUT2D eigenvalue weighted by atomic mass is 9.95. The van der Waals surface area contributed by atoms with E-state index in [-0.39, 0.29) is 22.2 Å². The largest absolute Gasteiger partial charge is 0.508 e. The van der Waals surface area contributed by atoms with Crippen molar-refractivity contribution in [3.05, 3.63) is 77.4 Å². The van der Waals surface area contributed by atoms with Crippen LogP contribution in [-0.2, 0) is 9.59 Å². The van der Waals surface area contributed by atoms with Crippen LogP contribution in [0.2, 0.25) is 0 Å². The highest BCUT2D eigenvalue weighted by Gasteiger charge is 2.48. The summed E-state index contributed by atoms with van der Waals surface area (Å²) in [6.45, 7) is 0.766. The summed E-state index contributed by atoms with van der Waals surface area (Å²) >= 11 is 1.22. The molecule has 0 spiro atoms. The predicted octanol–water partition coefficient (Wildman–Crippen LogP) is 4.41. The summed E-state index contributed by atoms with van der Waals surface area (Å²) in [5, 5.41) is 21.8. The van der Waals surface area contributed by atoms with Crippen LogP contribution in [0.25, 0.3) is 16.0 Å². The number of aromatic nitrogens is 1. The van der Waals surface area contributed by atoms with Gasteiger partial charge in [0.05, 0.1) is 28.9 Å². The van der Waals surface area contributed by atoms with Crippen LogP contribution in [0.1, 0.15) is 17.2 Å². The van der Waals surface area contributed by atoms with Gasteiger partial charge in [-0.25, -0.2) is 4.98 Å². The number of rotatable bonds is 4. The molecule has 9 nitrogen and oxygen atoms in total. The minimum absolute atomic E-state index is 0.0450. The Morgan fingerprint density at radius 2 is 1.86 bits per heavy atom. The number of hydrogen-bond donors (Lipinski definition) is 2. The Morgan fingerprint density at radius 1 is 1.05 bits per heavy atom. The lowest BCUT2D eigenvalue weighted by Gasteiger charge is -2.23. The molecule has 6 rings (SSSR count). The number of aliphatic hydroxyl groups is 1. The number of ketones is 1. The lowest BCUT2D eigenvalue weighted by molar-refractivity contribution is -0.132. The van der Waals surface area contributed by atoms with Gasteiger partial charge < -0.3 is 24.4 Å². The van der Waals surface area contributed by atoms with Crippen molar-refractivity contribution in [2.75, 3.05) is 25.2 Å². The Hall–Kier alpha value is -4.57. The van der Waals surface area contributed by atoms with Crippen molar-refractivity contribution in [1.82, 2.24) is 4.98 Å². The van der Waals surface area contributed by atoms with E-state index in [2.05, 4.69) is 4.98 Å². The minimum atomic E-state index is -1.03. The van der Waals surface area contributed by atoms with Crippen molar-refractivity contribution in [3.63, 3.8) is 0 Å². The molecule has 4 aromatic rings. The number of aromatic hydroxyl groups is 1. The normalized spacial score (nSPS) is 18.4. The Kier molecular flexibility index (Phi) is 5.45. The number of nitrogens with zero attached hydrogens (tertiary/aromatic N) is 2. The number of benzene rings is 3. The molecule has 0 aliphatic carbocycles. The van der Waals surface area contributed by atoms with E-state index in [1.165, 1.54) is 28.4 Å². The zero-order valence-corrected chi connectivity index (χ0v) is 20.3. The quantitative estimate of drug-likeness (QED) is 0.233. The topological polar surface area (TPSA) is 118 Å². The fourth-order valence-electron chi connectivity index (χ4n) is 4.51. The summed E-state index contributed by atoms with van der Waals surface area (Å²) in [7, 11) is 1.56. The first-order valence-electron chi connectivity index (χ1n) is 11.4. The molecule has 0 bridgehead atoms. The number of anilines is 1. The molecular formula is C27H20N2O7S. The standard InChI is InChI=1S/C27H20N2O7S/c1-34-17-6-7-18-21(13-17)37-27(28-18)29-23(14-3-2-4-16(30)11-14)22(25(32)26(29)33)24(31)15-5-8-19-20(12-15)36-10-9-35-19/h2-8,11-13,23,30-31H,9-10H2,1H3/t23-/m1/s1. The van der Waals surface area contributed by atoms with Gasteiger partial charge in [0.25, 0.3) is 5.78 Å². The molecule has 1 atom stereocenters. The fraction of sp³-hybridized carbons (Fsp3) is 0.148. The average Bonchev–Trinajstić information content (AvgIpc) is 3.45. The highest BCUT2D eigenvalue weighted by atomic mass is 32.1. The van der Waals surface area contributed by atoms with Gasteiger partial charge in [-0.2, -0.15) is 0 Å². The number of phenols is 1. The summed E-state index contributed by atoms with van der Waals surface area (Å²) in [5.74, 6) is -0.523. The first-order chi connectivity index (χ1) is 17.9. The van der Waals surface area contributed by atoms with E-state index in [9.17, 15) is 19.8 Å². The first kappa shape index (κ1) is 22.9. The van der Waals surface area contributed by atoms with Crippen LogP contribution < -0.4 is 19.1 Å². The number of phenolic OH excluding ortho intramolecular Hbond substituents is 1. The second kappa shape index (κ2) is 8.82. The second-order valence-electron chi connectivity index (χ2n) is 8.45. The van der Waals surface area contributed by atoms with Crippen molar-refractivity contribution < 1.29 is 34.0 Å². The van der Waals surface area contributed by atoms with E-state index < -0.39 is 17.7 Å². The lowest BCUT2D eigenvalue weighted by Crippen LogP contribution is -2.29. The molecule has 3 heterocycles. The van der Waals surface area contributed by atoms with Crippen LogP contribution in [-0.4, -0.2) is 47.2 Å². The number of carbonyl (C=O) groups is 2. The average molecular weight is 517 g/mol. The van der Waals surface area contributed by atoms with Crippen molar-refractivity contribution in [1.29, 1.82) is 0 Å². The number of amides is 1. The van der Waals surface area contributed by atoms with Crippen LogP contribution >= 0.6 is 11.3 Å². The van der Waals surface area contributed by atoms with Gasteiger partial charge in [-0.3, -0.25) is 14.5 Å². The molecular weight excluding hydrogens is 496 g/mol. The molecule has 1 amide bonds. The fourth-order valence-corrected chi connectivity index (χ4v) is 5.53. The van der Waals surface area contributed by atoms with Crippen LogP contribution in [0.15, 0.2) is 66.2 Å². The maximum Gasteiger partial charge on any atom is 0.301 e. The van der Waals surface area contributed by atoms with Gasteiger partial charge in [-0.05, 0) is 54.1 Å². The monoisotopic (exact) mass is 516 g/mol. The van der Waals surface area contributed by atoms with Gasteiger partial charge in [-0.1, -0.05) is 23.5 Å². The van der Waals surface area contributed by atoms with E-state index in [0.29, 0.717) is 47.1 Å². The summed E-state index contributed by atoms with van der Waals surface area (Å²) in [6, 6.07) is 15.3. The van der Waals surface area contributed by atoms with Gasteiger partial charge >= 0.3 is 5.91 Å². The van der Waals surface area contributed by atoms with Crippen LogP contribution in [0.5, 0.6) is 23.0 Å². The molecule has 2 N–H and O–H groups in total. The third-order valence-electron chi connectivity index (χ3n) is 6.24. The molecule has 0 saturated carbocycles. The number of fused-ring (bicyclic) bond motifs is 2. The van der Waals surface area contributed by atoms with Gasteiger partial charge in [0, 0.05) is 5.56 Å². The molecule has 3 aromatic carbocycles. The number of hydrogen-bond acceptors (Lipinski definition) is 9. The summed E-state index contributed by atoms with van der Waals surface area (Å²) in [5.41, 5.74) is 1.24. The Bertz CT molecular complexity index is 1610. The van der Waals surface area contributed by atoms with Crippen molar-refractivity contribution >= 4 is 44.1 Å². The van der Waals surface area contributed by atoms with Gasteiger partial charge in [0.15, 0.2) is 16.6 Å². The number of ether oxygens (including phenoxy) is 3. The number of carbonyl (C=O) groups excluding carboxylic acids is 2. The van der Waals surface area contributed by atoms with E-state index >= 15 is 0 Å². The predicted molar refractivity (Wildman–Crippen MR) is 136 cm³/mol. The summed E-state index contributed by atoms with van der Waals surface area (Å²) < 4.78 is 17.2. The SMILES string of the molecule is COc1ccc2nc(N3C(=O)C(=O)C(=C(O)c4ccc5c(c4)OCCO5)[C@H]3c3cccc(O)c3)sc2c1. The van der Waals surface area contributed by atoms with Crippen LogP contribution in [0, 0.1) is 0 Å². The summed E-state index contributed by atoms with van der Waals surface area (Å²) in [6.07, 6.45) is 0. The second-order valence-corrected chi connectivity index (χ2v) is 9.46. The van der Waals surface area contributed by atoms with E-state index in [1.807, 2.05) is 0 Å². The highest BCUT2D eigenvalue weighted by Crippen LogP contribution is 2.45. The zero-order chi connectivity index (χ0) is 25.7. The Labute approximate surface area is 214 Å². The Morgan fingerprint density at radius 3 is 2.65 bits per heavy atom. The maximum absolute atomic E-state index is 13.4. The van der Waals surface area contributed by atoms with Crippen LogP contribution in [0.4, 0.5) is 5.13 Å². The van der Waals surface area contributed by atoms with Crippen LogP contribution in [0.3, 0.4) is 0 Å². The number of aliphatic hydroxyl groups excluding tert-OH is 1. The molecule has 0 unspecified atom stereocenters. The first-order valence-corrected chi connectivity index (χ1v) is 12.2. The molecule has 37 heavy (non-hydrogen) atoms. The minimum Gasteiger partial charge on any atom is -0.508 e. The third kappa shape index (κ3) is 3.82. The van der Waals surface area contributed by atoms with Crippen molar-refractivity contribution in [2.45, 2.75) is 6.04 Å². The number of thiazole rings is 1. The number of Topliss-reactive ketones (excluding diaryl/α,β-unsaturated/α-hetero) is 1. The van der Waals surface area contributed by atoms with E-state index in [4.69, 9.17) is 14.2 Å². The molecule has 2 aliphatic rings. The maximum atomic E-state index is 13.4. The Balaban J connectivity index is 1.53. The van der Waals surface area contributed by atoms with Crippen molar-refractivity contribution in [2.24, 2.45) is 0 Å². The molecule has 0 radical (unpaired) electrons.